The molecule has 1 aromatic carbocycles. The molecule has 2 heterocycles. The van der Waals surface area contributed by atoms with Crippen LogP contribution in [0, 0.1) is 0 Å². The first kappa shape index (κ1) is 26.6. The number of ether oxygens (including phenoxy) is 1. The van der Waals surface area contributed by atoms with Crippen molar-refractivity contribution in [1.29, 1.82) is 0 Å². The van der Waals surface area contributed by atoms with E-state index in [0.717, 1.165) is 0 Å². The minimum absolute atomic E-state index is 0.113. The normalized spacial score (nSPS) is 16.1. The zero-order valence-corrected chi connectivity index (χ0v) is 20.6. The highest BCUT2D eigenvalue weighted by molar-refractivity contribution is 6.06. The molecule has 2 aromatic rings. The van der Waals surface area contributed by atoms with Crippen molar-refractivity contribution in [1.82, 2.24) is 9.80 Å². The Morgan fingerprint density at radius 2 is 1.80 bits per heavy atom. The van der Waals surface area contributed by atoms with E-state index >= 15 is 0 Å². The van der Waals surface area contributed by atoms with E-state index in [4.69, 9.17) is 9.15 Å². The summed E-state index contributed by atoms with van der Waals surface area (Å²) in [5.74, 6) is 0.106. The van der Waals surface area contributed by atoms with Crippen molar-refractivity contribution >= 4 is 22.9 Å². The van der Waals surface area contributed by atoms with Crippen molar-refractivity contribution in [2.45, 2.75) is 78.1 Å². The van der Waals surface area contributed by atoms with Gasteiger partial charge >= 0.3 is 17.8 Å². The molecular weight excluding hydrogens is 465 g/mol. The number of unbranched alkanes of at least 4 members (excludes halogenated alkanes) is 1. The summed E-state index contributed by atoms with van der Waals surface area (Å²) in [5, 5.41) is -0.184. The predicted molar refractivity (Wildman–Crippen MR) is 124 cm³/mol. The van der Waals surface area contributed by atoms with Crippen LogP contribution in [0.25, 0.3) is 11.0 Å². The van der Waals surface area contributed by atoms with Gasteiger partial charge in [-0.2, -0.15) is 13.2 Å². The van der Waals surface area contributed by atoms with E-state index in [1.165, 1.54) is 17.0 Å². The van der Waals surface area contributed by atoms with Gasteiger partial charge in [0.2, 0.25) is 0 Å². The highest BCUT2D eigenvalue weighted by Crippen LogP contribution is 2.37. The molecule has 0 spiro atoms. The molecule has 1 saturated heterocycles. The zero-order valence-electron chi connectivity index (χ0n) is 20.6. The van der Waals surface area contributed by atoms with Gasteiger partial charge in [0.05, 0.1) is 12.2 Å². The number of hydrogen-bond donors (Lipinski definition) is 0. The third kappa shape index (κ3) is 5.16. The van der Waals surface area contributed by atoms with Gasteiger partial charge in [0.25, 0.3) is 5.91 Å². The molecule has 3 amide bonds. The number of halogens is 3. The van der Waals surface area contributed by atoms with Crippen LogP contribution in [0.1, 0.15) is 65.0 Å². The number of aryl methyl sites for hydroxylation is 1. The number of nitrogens with zero attached hydrogens (tertiary/aromatic N) is 2. The lowest BCUT2D eigenvalue weighted by Gasteiger charge is -2.31. The highest BCUT2D eigenvalue weighted by Gasteiger charge is 2.51. The fourth-order valence-corrected chi connectivity index (χ4v) is 4.63. The Kier molecular flexibility index (Phi) is 7.52. The summed E-state index contributed by atoms with van der Waals surface area (Å²) in [6.07, 6.45) is -2.70. The van der Waals surface area contributed by atoms with E-state index < -0.39 is 22.9 Å². The molecule has 0 bridgehead atoms. The number of carbonyl (C=O) groups is 2. The Bertz CT molecular complexity index is 1170. The highest BCUT2D eigenvalue weighted by atomic mass is 19.4. The van der Waals surface area contributed by atoms with Crippen molar-refractivity contribution in [3.63, 3.8) is 0 Å². The quantitative estimate of drug-likeness (QED) is 0.265. The van der Waals surface area contributed by atoms with E-state index in [9.17, 15) is 27.6 Å². The van der Waals surface area contributed by atoms with Gasteiger partial charge in [-0.1, -0.05) is 13.3 Å². The van der Waals surface area contributed by atoms with Crippen LogP contribution in [0.4, 0.5) is 18.0 Å². The number of alkyl halides is 3. The molecule has 0 saturated carbocycles. The van der Waals surface area contributed by atoms with Gasteiger partial charge < -0.3 is 14.1 Å². The fourth-order valence-electron chi connectivity index (χ4n) is 4.63. The third-order valence-corrected chi connectivity index (χ3v) is 6.14. The molecule has 1 aliphatic rings. The van der Waals surface area contributed by atoms with Gasteiger partial charge in [-0.3, -0.25) is 9.69 Å². The van der Waals surface area contributed by atoms with Crippen LogP contribution in [0.5, 0.6) is 5.75 Å². The van der Waals surface area contributed by atoms with E-state index in [2.05, 4.69) is 0 Å². The summed E-state index contributed by atoms with van der Waals surface area (Å²) >= 11 is 0. The van der Waals surface area contributed by atoms with Gasteiger partial charge in [-0.05, 0) is 59.1 Å². The number of rotatable bonds is 9. The molecule has 0 N–H and O–H groups in total. The van der Waals surface area contributed by atoms with Crippen molar-refractivity contribution < 1.29 is 31.9 Å². The maximum absolute atomic E-state index is 13.4. The van der Waals surface area contributed by atoms with Crippen molar-refractivity contribution in [2.24, 2.45) is 0 Å². The molecule has 0 aliphatic carbocycles. The third-order valence-electron chi connectivity index (χ3n) is 6.14. The minimum Gasteiger partial charge on any atom is -0.493 e. The van der Waals surface area contributed by atoms with E-state index in [0.29, 0.717) is 43.1 Å². The van der Waals surface area contributed by atoms with Crippen LogP contribution in [0.3, 0.4) is 0 Å². The molecule has 1 aliphatic heterocycles. The second kappa shape index (κ2) is 9.91. The van der Waals surface area contributed by atoms with Gasteiger partial charge in [0.1, 0.15) is 16.9 Å². The summed E-state index contributed by atoms with van der Waals surface area (Å²) < 4.78 is 51.3. The molecule has 35 heavy (non-hydrogen) atoms. The summed E-state index contributed by atoms with van der Waals surface area (Å²) in [4.78, 5) is 40.1. The zero-order chi connectivity index (χ0) is 26.1. The standard InChI is InChI=1S/C25H31F3N2O5/c1-6-9-17-19(11-10-16-18(25(26,27)28)14-20(31)35-21(16)17)34-13-8-7-12-29-22(32)24(4,5)30(15(2)3)23(29)33/h10-11,14-15H,6-9,12-13H2,1-5H3. The molecule has 10 heteroatoms. The van der Waals surface area contributed by atoms with E-state index in [1.807, 2.05) is 20.8 Å². The lowest BCUT2D eigenvalue weighted by Crippen LogP contribution is -2.47. The van der Waals surface area contributed by atoms with Crippen LogP contribution in [-0.2, 0) is 17.4 Å². The predicted octanol–water partition coefficient (Wildman–Crippen LogP) is 5.37. The maximum Gasteiger partial charge on any atom is 0.417 e. The average Bonchev–Trinajstić information content (AvgIpc) is 2.92. The Balaban J connectivity index is 1.71. The number of imide groups is 1. The Hall–Kier alpha value is -3.04. The average molecular weight is 497 g/mol. The lowest BCUT2D eigenvalue weighted by molar-refractivity contribution is -0.136. The summed E-state index contributed by atoms with van der Waals surface area (Å²) in [5.41, 5.74) is -2.72. The van der Waals surface area contributed by atoms with Gasteiger partial charge in [0.15, 0.2) is 0 Å². The first-order valence-corrected chi connectivity index (χ1v) is 11.8. The molecule has 1 aromatic heterocycles. The fraction of sp³-hybridized carbons (Fsp3) is 0.560. The molecule has 192 valence electrons. The van der Waals surface area contributed by atoms with Crippen LogP contribution < -0.4 is 10.4 Å². The second-order valence-electron chi connectivity index (χ2n) is 9.46. The molecule has 7 nitrogen and oxygen atoms in total. The Morgan fingerprint density at radius 3 is 2.37 bits per heavy atom. The van der Waals surface area contributed by atoms with Crippen molar-refractivity contribution in [2.75, 3.05) is 13.2 Å². The number of hydrogen-bond acceptors (Lipinski definition) is 5. The largest absolute Gasteiger partial charge is 0.493 e. The number of carbonyl (C=O) groups excluding carboxylic acids is 2. The first-order valence-electron chi connectivity index (χ1n) is 11.8. The van der Waals surface area contributed by atoms with E-state index in [-0.39, 0.29) is 42.1 Å². The van der Waals surface area contributed by atoms with Crippen molar-refractivity contribution in [3.05, 3.63) is 39.7 Å². The summed E-state index contributed by atoms with van der Waals surface area (Å²) in [6.45, 7) is 9.51. The summed E-state index contributed by atoms with van der Waals surface area (Å²) in [6, 6.07) is 2.74. The number of amides is 3. The molecule has 0 radical (unpaired) electrons. The second-order valence-corrected chi connectivity index (χ2v) is 9.46. The molecular formula is C25H31F3N2O5. The lowest BCUT2D eigenvalue weighted by atomic mass is 10.0. The maximum atomic E-state index is 13.4. The van der Waals surface area contributed by atoms with Gasteiger partial charge in [-0.25, -0.2) is 9.59 Å². The van der Waals surface area contributed by atoms with Crippen LogP contribution in [0.15, 0.2) is 27.4 Å². The Labute approximate surface area is 201 Å². The van der Waals surface area contributed by atoms with Gasteiger partial charge in [-0.15, -0.1) is 0 Å². The number of fused-ring (bicyclic) bond motifs is 1. The number of urea groups is 1. The molecule has 0 atom stereocenters. The Morgan fingerprint density at radius 1 is 1.11 bits per heavy atom. The van der Waals surface area contributed by atoms with Crippen LogP contribution in [-0.4, -0.2) is 46.5 Å². The van der Waals surface area contributed by atoms with Crippen molar-refractivity contribution in [3.8, 4) is 5.75 Å². The molecule has 3 rings (SSSR count). The molecule has 1 fully saturated rings. The first-order chi connectivity index (χ1) is 16.3. The van der Waals surface area contributed by atoms with Crippen LogP contribution >= 0.6 is 0 Å². The topological polar surface area (TPSA) is 80.1 Å². The molecule has 0 unspecified atom stereocenters. The smallest absolute Gasteiger partial charge is 0.417 e. The summed E-state index contributed by atoms with van der Waals surface area (Å²) in [7, 11) is 0. The minimum atomic E-state index is -4.69. The van der Waals surface area contributed by atoms with E-state index in [1.54, 1.807) is 18.7 Å². The monoisotopic (exact) mass is 496 g/mol. The van der Waals surface area contributed by atoms with Gasteiger partial charge in [0, 0.05) is 29.6 Å². The number of benzene rings is 1. The SMILES string of the molecule is CCCc1c(OCCCCN2C(=O)N(C(C)C)C(C)(C)C2=O)ccc2c(C(F)(F)F)cc(=O)oc12. The van der Waals surface area contributed by atoms with Crippen LogP contribution in [0.2, 0.25) is 0 Å².